The maximum Gasteiger partial charge on any atom is 0.229 e. The Morgan fingerprint density at radius 3 is 2.75 bits per heavy atom. The van der Waals surface area contributed by atoms with E-state index >= 15 is 0 Å². The van der Waals surface area contributed by atoms with E-state index in [1.54, 1.807) is 0 Å². The molecule has 0 radical (unpaired) electrons. The summed E-state index contributed by atoms with van der Waals surface area (Å²) in [5.41, 5.74) is 0. The molecule has 2 heterocycles. The average Bonchev–Trinajstić information content (AvgIpc) is 2.74. The van der Waals surface area contributed by atoms with Gasteiger partial charge in [0.05, 0.1) is 12.6 Å². The summed E-state index contributed by atoms with van der Waals surface area (Å²) in [6, 6.07) is 0.429. The second-order valence-electron chi connectivity index (χ2n) is 6.26. The van der Waals surface area contributed by atoms with Gasteiger partial charge >= 0.3 is 0 Å². The van der Waals surface area contributed by atoms with Crippen LogP contribution in [0, 0.1) is 0 Å². The molecule has 1 aromatic heterocycles. The standard InChI is InChI=1S/C15H27N3O2/c1-11(2)15-16-14(17-20-15)10-18-8-6-4-5-7-13(18)9-12(3)19/h11-13,19H,4-10H2,1-3H3. The third-order valence-corrected chi connectivity index (χ3v) is 3.93. The SMILES string of the molecule is CC(O)CC1CCCCCN1Cc1noc(C(C)C)n1. The van der Waals surface area contributed by atoms with Gasteiger partial charge in [-0.15, -0.1) is 0 Å². The fourth-order valence-corrected chi connectivity index (χ4v) is 2.85. The maximum atomic E-state index is 9.68. The van der Waals surface area contributed by atoms with Gasteiger partial charge in [0.1, 0.15) is 0 Å². The van der Waals surface area contributed by atoms with E-state index in [0.29, 0.717) is 11.9 Å². The summed E-state index contributed by atoms with van der Waals surface area (Å²) < 4.78 is 5.28. The highest BCUT2D eigenvalue weighted by atomic mass is 16.5. The second kappa shape index (κ2) is 7.18. The summed E-state index contributed by atoms with van der Waals surface area (Å²) in [4.78, 5) is 6.88. The Morgan fingerprint density at radius 1 is 1.30 bits per heavy atom. The zero-order chi connectivity index (χ0) is 14.5. The fourth-order valence-electron chi connectivity index (χ4n) is 2.85. The van der Waals surface area contributed by atoms with Gasteiger partial charge in [-0.2, -0.15) is 4.98 Å². The van der Waals surface area contributed by atoms with Crippen LogP contribution in [-0.2, 0) is 6.54 Å². The molecule has 5 heteroatoms. The lowest BCUT2D eigenvalue weighted by Gasteiger charge is -2.29. The van der Waals surface area contributed by atoms with Crippen molar-refractivity contribution in [3.8, 4) is 0 Å². The van der Waals surface area contributed by atoms with Crippen molar-refractivity contribution in [1.82, 2.24) is 15.0 Å². The largest absolute Gasteiger partial charge is 0.393 e. The van der Waals surface area contributed by atoms with Crippen molar-refractivity contribution >= 4 is 0 Å². The van der Waals surface area contributed by atoms with Crippen LogP contribution in [0.2, 0.25) is 0 Å². The first kappa shape index (κ1) is 15.4. The smallest absolute Gasteiger partial charge is 0.229 e. The van der Waals surface area contributed by atoms with Crippen molar-refractivity contribution in [3.05, 3.63) is 11.7 Å². The molecule has 2 unspecified atom stereocenters. The molecular weight excluding hydrogens is 254 g/mol. The van der Waals surface area contributed by atoms with E-state index in [9.17, 15) is 5.11 Å². The highest BCUT2D eigenvalue weighted by Gasteiger charge is 2.24. The number of aromatic nitrogens is 2. The van der Waals surface area contributed by atoms with Crippen molar-refractivity contribution in [2.24, 2.45) is 0 Å². The molecule has 0 amide bonds. The molecule has 0 aromatic carbocycles. The number of aliphatic hydroxyl groups excluding tert-OH is 1. The summed E-state index contributed by atoms with van der Waals surface area (Å²) >= 11 is 0. The molecule has 2 rings (SSSR count). The third-order valence-electron chi connectivity index (χ3n) is 3.93. The number of nitrogens with zero attached hydrogens (tertiary/aromatic N) is 3. The molecule has 1 fully saturated rings. The Morgan fingerprint density at radius 2 is 2.10 bits per heavy atom. The molecule has 0 bridgehead atoms. The zero-order valence-corrected chi connectivity index (χ0v) is 12.9. The molecule has 1 N–H and O–H groups in total. The highest BCUT2D eigenvalue weighted by Crippen LogP contribution is 2.22. The molecule has 1 saturated heterocycles. The van der Waals surface area contributed by atoms with E-state index in [4.69, 9.17) is 4.52 Å². The minimum absolute atomic E-state index is 0.253. The first-order valence-corrected chi connectivity index (χ1v) is 7.81. The van der Waals surface area contributed by atoms with Crippen molar-refractivity contribution in [3.63, 3.8) is 0 Å². The molecule has 1 aliphatic heterocycles. The first-order chi connectivity index (χ1) is 9.56. The Balaban J connectivity index is 2.02. The lowest BCUT2D eigenvalue weighted by atomic mass is 10.0. The van der Waals surface area contributed by atoms with E-state index in [0.717, 1.165) is 31.8 Å². The Hall–Kier alpha value is -0.940. The van der Waals surface area contributed by atoms with Gasteiger partial charge in [-0.1, -0.05) is 31.8 Å². The molecule has 114 valence electrons. The lowest BCUT2D eigenvalue weighted by Crippen LogP contribution is -2.36. The normalized spacial score (nSPS) is 22.9. The molecule has 1 aliphatic rings. The minimum Gasteiger partial charge on any atom is -0.393 e. The quantitative estimate of drug-likeness (QED) is 0.899. The van der Waals surface area contributed by atoms with Gasteiger partial charge in [0.2, 0.25) is 5.89 Å². The summed E-state index contributed by atoms with van der Waals surface area (Å²) in [7, 11) is 0. The fraction of sp³-hybridized carbons (Fsp3) is 0.867. The summed E-state index contributed by atoms with van der Waals surface area (Å²) in [6.07, 6.45) is 5.46. The first-order valence-electron chi connectivity index (χ1n) is 7.81. The molecule has 5 nitrogen and oxygen atoms in total. The van der Waals surface area contributed by atoms with Crippen molar-refractivity contribution in [2.75, 3.05) is 6.54 Å². The molecule has 20 heavy (non-hydrogen) atoms. The second-order valence-corrected chi connectivity index (χ2v) is 6.26. The monoisotopic (exact) mass is 281 g/mol. The van der Waals surface area contributed by atoms with Crippen LogP contribution in [0.5, 0.6) is 0 Å². The molecule has 0 spiro atoms. The Kier molecular flexibility index (Phi) is 5.54. The van der Waals surface area contributed by atoms with Gasteiger partial charge in [0.25, 0.3) is 0 Å². The molecule has 2 atom stereocenters. The maximum absolute atomic E-state index is 9.68. The molecule has 0 saturated carbocycles. The van der Waals surface area contributed by atoms with Gasteiger partial charge < -0.3 is 9.63 Å². The zero-order valence-electron chi connectivity index (χ0n) is 12.9. The van der Waals surface area contributed by atoms with Crippen molar-refractivity contribution in [1.29, 1.82) is 0 Å². The van der Waals surface area contributed by atoms with Crippen LogP contribution >= 0.6 is 0 Å². The van der Waals surface area contributed by atoms with Gasteiger partial charge in [-0.25, -0.2) is 0 Å². The number of rotatable bonds is 5. The molecule has 0 aliphatic carbocycles. The lowest BCUT2D eigenvalue weighted by molar-refractivity contribution is 0.106. The highest BCUT2D eigenvalue weighted by molar-refractivity contribution is 4.92. The predicted octanol–water partition coefficient (Wildman–Crippen LogP) is 2.71. The predicted molar refractivity (Wildman–Crippen MR) is 77.4 cm³/mol. The summed E-state index contributed by atoms with van der Waals surface area (Å²) in [6.45, 7) is 7.77. The van der Waals surface area contributed by atoms with Crippen LogP contribution in [0.1, 0.15) is 70.5 Å². The van der Waals surface area contributed by atoms with Crippen molar-refractivity contribution in [2.45, 2.75) is 77.5 Å². The van der Waals surface area contributed by atoms with Gasteiger partial charge in [0, 0.05) is 12.0 Å². The van der Waals surface area contributed by atoms with Gasteiger partial charge in [0.15, 0.2) is 5.82 Å². The van der Waals surface area contributed by atoms with Crippen LogP contribution in [-0.4, -0.2) is 38.8 Å². The third kappa shape index (κ3) is 4.28. The minimum atomic E-state index is -0.253. The van der Waals surface area contributed by atoms with E-state index in [1.165, 1.54) is 19.3 Å². The van der Waals surface area contributed by atoms with E-state index in [2.05, 4.69) is 28.9 Å². The van der Waals surface area contributed by atoms with Crippen LogP contribution in [0.3, 0.4) is 0 Å². The van der Waals surface area contributed by atoms with E-state index < -0.39 is 0 Å². The number of likely N-dealkylation sites (tertiary alicyclic amines) is 1. The average molecular weight is 281 g/mol. The summed E-state index contributed by atoms with van der Waals surface area (Å²) in [5, 5.41) is 13.8. The topological polar surface area (TPSA) is 62.4 Å². The van der Waals surface area contributed by atoms with Crippen molar-refractivity contribution < 1.29 is 9.63 Å². The number of aliphatic hydroxyl groups is 1. The Labute approximate surface area is 121 Å². The van der Waals surface area contributed by atoms with Crippen LogP contribution < -0.4 is 0 Å². The number of hydrogen-bond donors (Lipinski definition) is 1. The van der Waals surface area contributed by atoms with Gasteiger partial charge in [-0.3, -0.25) is 4.90 Å². The van der Waals surface area contributed by atoms with Gasteiger partial charge in [-0.05, 0) is 32.7 Å². The number of hydrogen-bond acceptors (Lipinski definition) is 5. The molecule has 1 aromatic rings. The van der Waals surface area contributed by atoms with Crippen LogP contribution in [0.25, 0.3) is 0 Å². The molecular formula is C15H27N3O2. The van der Waals surface area contributed by atoms with Crippen LogP contribution in [0.15, 0.2) is 4.52 Å². The Bertz CT molecular complexity index is 404. The van der Waals surface area contributed by atoms with Crippen LogP contribution in [0.4, 0.5) is 0 Å². The summed E-state index contributed by atoms with van der Waals surface area (Å²) in [5.74, 6) is 1.75. The van der Waals surface area contributed by atoms with E-state index in [1.807, 2.05) is 6.92 Å². The van der Waals surface area contributed by atoms with E-state index in [-0.39, 0.29) is 12.0 Å².